The summed E-state index contributed by atoms with van der Waals surface area (Å²) in [4.78, 5) is 12.8. The van der Waals surface area contributed by atoms with Gasteiger partial charge in [0.25, 0.3) is 0 Å². The van der Waals surface area contributed by atoms with Crippen LogP contribution in [0.5, 0.6) is 0 Å². The number of halogens is 1. The van der Waals surface area contributed by atoms with Crippen molar-refractivity contribution in [3.05, 3.63) is 34.9 Å². The molecule has 1 aliphatic heterocycles. The molecule has 3 unspecified atom stereocenters. The van der Waals surface area contributed by atoms with Gasteiger partial charge in [-0.2, -0.15) is 0 Å². The van der Waals surface area contributed by atoms with Crippen LogP contribution in [-0.2, 0) is 10.2 Å². The first-order valence-electron chi connectivity index (χ1n) is 8.23. The van der Waals surface area contributed by atoms with Gasteiger partial charge < -0.3 is 5.32 Å². The van der Waals surface area contributed by atoms with Crippen LogP contribution in [0.15, 0.2) is 24.3 Å². The lowest BCUT2D eigenvalue weighted by atomic mass is 9.82. The molecule has 118 valence electrons. The average molecular weight is 320 g/mol. The van der Waals surface area contributed by atoms with Crippen LogP contribution in [0, 0.1) is 5.92 Å². The van der Waals surface area contributed by atoms with E-state index < -0.39 is 0 Å². The van der Waals surface area contributed by atoms with Crippen LogP contribution in [0.3, 0.4) is 0 Å². The van der Waals surface area contributed by atoms with Crippen LogP contribution in [0.2, 0.25) is 5.02 Å². The second-order valence-corrected chi connectivity index (χ2v) is 7.40. The summed E-state index contributed by atoms with van der Waals surface area (Å²) in [7, 11) is 0. The minimum Gasteiger partial charge on any atom is -0.353 e. The molecule has 3 aliphatic rings. The van der Waals surface area contributed by atoms with Gasteiger partial charge in [0.15, 0.2) is 0 Å². The third kappa shape index (κ3) is 2.53. The van der Waals surface area contributed by atoms with Crippen LogP contribution in [0.25, 0.3) is 0 Å². The number of nitrogens with one attached hydrogen (secondary N) is 3. The molecule has 3 fully saturated rings. The van der Waals surface area contributed by atoms with Gasteiger partial charge in [0.1, 0.15) is 0 Å². The van der Waals surface area contributed by atoms with Crippen molar-refractivity contribution in [3.63, 3.8) is 0 Å². The van der Waals surface area contributed by atoms with Gasteiger partial charge in [-0.25, -0.2) is 0 Å². The fourth-order valence-corrected chi connectivity index (χ4v) is 4.20. The summed E-state index contributed by atoms with van der Waals surface area (Å²) in [5.74, 6) is 0.831. The highest BCUT2D eigenvalue weighted by Crippen LogP contribution is 2.49. The Morgan fingerprint density at radius 2 is 2.18 bits per heavy atom. The van der Waals surface area contributed by atoms with Gasteiger partial charge in [-0.3, -0.25) is 15.6 Å². The molecule has 4 rings (SSSR count). The highest BCUT2D eigenvalue weighted by molar-refractivity contribution is 6.30. The Labute approximate surface area is 136 Å². The second-order valence-electron chi connectivity index (χ2n) is 6.97. The van der Waals surface area contributed by atoms with E-state index in [2.05, 4.69) is 16.2 Å². The van der Waals surface area contributed by atoms with Gasteiger partial charge in [0.2, 0.25) is 5.91 Å². The van der Waals surface area contributed by atoms with Crippen LogP contribution >= 0.6 is 11.6 Å². The van der Waals surface area contributed by atoms with E-state index in [1.54, 1.807) is 0 Å². The van der Waals surface area contributed by atoms with E-state index in [-0.39, 0.29) is 11.3 Å². The molecule has 0 aromatic heterocycles. The lowest BCUT2D eigenvalue weighted by Crippen LogP contribution is -2.47. The van der Waals surface area contributed by atoms with Crippen molar-refractivity contribution in [2.24, 2.45) is 5.92 Å². The Balaban J connectivity index is 1.44. The minimum absolute atomic E-state index is 0.192. The highest BCUT2D eigenvalue weighted by atomic mass is 35.5. The molecule has 0 radical (unpaired) electrons. The van der Waals surface area contributed by atoms with E-state index in [9.17, 15) is 4.79 Å². The smallest absolute Gasteiger partial charge is 0.230 e. The SMILES string of the molecule is O=C(NC1CCC2NNCC2C1)C1(c2cccc(Cl)c2)CC1. The molecular weight excluding hydrogens is 298 g/mol. The van der Waals surface area contributed by atoms with Gasteiger partial charge in [-0.1, -0.05) is 23.7 Å². The van der Waals surface area contributed by atoms with Crippen molar-refractivity contribution in [2.45, 2.75) is 49.6 Å². The van der Waals surface area contributed by atoms with Gasteiger partial charge in [-0.15, -0.1) is 0 Å². The van der Waals surface area contributed by atoms with Crippen LogP contribution < -0.4 is 16.2 Å². The quantitative estimate of drug-likeness (QED) is 0.800. The van der Waals surface area contributed by atoms with E-state index in [4.69, 9.17) is 11.6 Å². The van der Waals surface area contributed by atoms with E-state index in [0.29, 0.717) is 23.0 Å². The van der Waals surface area contributed by atoms with Crippen molar-refractivity contribution >= 4 is 17.5 Å². The molecule has 2 aliphatic carbocycles. The molecular formula is C17H22ClN3O. The van der Waals surface area contributed by atoms with Crippen molar-refractivity contribution < 1.29 is 4.79 Å². The molecule has 3 atom stereocenters. The number of hydrogen-bond acceptors (Lipinski definition) is 3. The lowest BCUT2D eigenvalue weighted by Gasteiger charge is -2.32. The summed E-state index contributed by atoms with van der Waals surface area (Å²) in [5.41, 5.74) is 7.30. The number of rotatable bonds is 3. The molecule has 1 heterocycles. The summed E-state index contributed by atoms with van der Waals surface area (Å²) < 4.78 is 0. The molecule has 2 saturated carbocycles. The van der Waals surface area contributed by atoms with Crippen molar-refractivity contribution in [3.8, 4) is 0 Å². The average Bonchev–Trinajstić information content (AvgIpc) is 3.20. The largest absolute Gasteiger partial charge is 0.353 e. The first-order chi connectivity index (χ1) is 10.7. The zero-order valence-electron chi connectivity index (χ0n) is 12.6. The predicted octanol–water partition coefficient (Wildman–Crippen LogP) is 2.13. The fraction of sp³-hybridized carbons (Fsp3) is 0.588. The Bertz CT molecular complexity index is 587. The molecule has 1 saturated heterocycles. The number of fused-ring (bicyclic) bond motifs is 1. The van der Waals surface area contributed by atoms with E-state index >= 15 is 0 Å². The standard InChI is InChI=1S/C17H22ClN3O/c18-13-3-1-2-12(9-13)17(6-7-17)16(22)20-14-4-5-15-11(8-14)10-19-21-15/h1-3,9,11,14-15,19,21H,4-8,10H2,(H,20,22). The summed E-state index contributed by atoms with van der Waals surface area (Å²) in [5, 5.41) is 4.02. The summed E-state index contributed by atoms with van der Waals surface area (Å²) in [6.45, 7) is 1.01. The van der Waals surface area contributed by atoms with Crippen LogP contribution in [0.4, 0.5) is 0 Å². The Kier molecular flexibility index (Phi) is 3.63. The Morgan fingerprint density at radius 1 is 1.32 bits per heavy atom. The van der Waals surface area contributed by atoms with E-state index in [0.717, 1.165) is 44.2 Å². The predicted molar refractivity (Wildman–Crippen MR) is 86.6 cm³/mol. The summed E-state index contributed by atoms with van der Waals surface area (Å²) in [6.07, 6.45) is 5.13. The maximum Gasteiger partial charge on any atom is 0.230 e. The zero-order chi connectivity index (χ0) is 15.2. The molecule has 1 amide bonds. The molecule has 0 bridgehead atoms. The third-order valence-electron chi connectivity index (χ3n) is 5.53. The maximum absolute atomic E-state index is 12.8. The Hall–Kier alpha value is -1.10. The first kappa shape index (κ1) is 14.5. The normalized spacial score (nSPS) is 32.3. The molecule has 22 heavy (non-hydrogen) atoms. The maximum atomic E-state index is 12.8. The number of benzene rings is 1. The number of hydrogen-bond donors (Lipinski definition) is 3. The minimum atomic E-state index is -0.325. The van der Waals surface area contributed by atoms with E-state index in [1.165, 1.54) is 0 Å². The van der Waals surface area contributed by atoms with Crippen LogP contribution in [0.1, 0.15) is 37.7 Å². The fourth-order valence-electron chi connectivity index (χ4n) is 4.01. The number of carbonyl (C=O) groups excluding carboxylic acids is 1. The molecule has 0 spiro atoms. The topological polar surface area (TPSA) is 53.2 Å². The second kappa shape index (κ2) is 5.52. The third-order valence-corrected chi connectivity index (χ3v) is 5.77. The highest BCUT2D eigenvalue weighted by Gasteiger charge is 2.52. The summed E-state index contributed by atoms with van der Waals surface area (Å²) >= 11 is 6.09. The molecule has 4 nitrogen and oxygen atoms in total. The van der Waals surface area contributed by atoms with Crippen LogP contribution in [-0.4, -0.2) is 24.5 Å². The number of carbonyl (C=O) groups is 1. The van der Waals surface area contributed by atoms with E-state index in [1.807, 2.05) is 24.3 Å². The molecule has 1 aromatic carbocycles. The number of hydrazine groups is 1. The van der Waals surface area contributed by atoms with Crippen molar-refractivity contribution in [2.75, 3.05) is 6.54 Å². The van der Waals surface area contributed by atoms with Crippen molar-refractivity contribution in [1.29, 1.82) is 0 Å². The van der Waals surface area contributed by atoms with Gasteiger partial charge >= 0.3 is 0 Å². The Morgan fingerprint density at radius 3 is 2.95 bits per heavy atom. The first-order valence-corrected chi connectivity index (χ1v) is 8.61. The summed E-state index contributed by atoms with van der Waals surface area (Å²) in [6, 6.07) is 8.66. The molecule has 5 heteroatoms. The van der Waals surface area contributed by atoms with Gasteiger partial charge in [0, 0.05) is 23.7 Å². The number of amides is 1. The van der Waals surface area contributed by atoms with Gasteiger partial charge in [0.05, 0.1) is 5.41 Å². The lowest BCUT2D eigenvalue weighted by molar-refractivity contribution is -0.124. The monoisotopic (exact) mass is 319 g/mol. The van der Waals surface area contributed by atoms with Crippen molar-refractivity contribution in [1.82, 2.24) is 16.2 Å². The molecule has 1 aromatic rings. The molecule has 3 N–H and O–H groups in total. The van der Waals surface area contributed by atoms with Gasteiger partial charge in [-0.05, 0) is 55.7 Å². The zero-order valence-corrected chi connectivity index (χ0v) is 13.3.